The number of aliphatic hydroxyl groups excluding tert-OH is 1. The summed E-state index contributed by atoms with van der Waals surface area (Å²) in [5.74, 6) is 0. The van der Waals surface area contributed by atoms with Crippen LogP contribution in [0.1, 0.15) is 37.7 Å². The molecule has 1 aromatic rings. The van der Waals surface area contributed by atoms with Gasteiger partial charge in [-0.15, -0.1) is 0 Å². The minimum absolute atomic E-state index is 0.202. The summed E-state index contributed by atoms with van der Waals surface area (Å²) >= 11 is 0. The Bertz CT molecular complexity index is 361. The predicted molar refractivity (Wildman–Crippen MR) is 68.3 cm³/mol. The lowest BCUT2D eigenvalue weighted by atomic mass is 10.1. The lowest BCUT2D eigenvalue weighted by Gasteiger charge is -2.21. The Morgan fingerprint density at radius 1 is 1.47 bits per heavy atom. The highest BCUT2D eigenvalue weighted by Crippen LogP contribution is 2.18. The normalized spacial score (nSPS) is 25.5. The Morgan fingerprint density at radius 2 is 2.29 bits per heavy atom. The van der Waals surface area contributed by atoms with E-state index in [-0.39, 0.29) is 12.1 Å². The highest BCUT2D eigenvalue weighted by molar-refractivity contribution is 5.17. The van der Waals surface area contributed by atoms with E-state index in [0.717, 1.165) is 31.4 Å². The SMILES string of the molecule is C=Cn1cc(CNC2CCCCCC2O)cn1. The van der Waals surface area contributed by atoms with Gasteiger partial charge in [0.2, 0.25) is 0 Å². The van der Waals surface area contributed by atoms with Gasteiger partial charge in [0.15, 0.2) is 0 Å². The largest absolute Gasteiger partial charge is 0.392 e. The molecule has 1 heterocycles. The van der Waals surface area contributed by atoms with Crippen molar-refractivity contribution in [2.24, 2.45) is 0 Å². The molecule has 4 heteroatoms. The second kappa shape index (κ2) is 5.98. The second-order valence-corrected chi connectivity index (χ2v) is 4.70. The number of aliphatic hydroxyl groups is 1. The van der Waals surface area contributed by atoms with E-state index in [4.69, 9.17) is 0 Å². The Labute approximate surface area is 102 Å². The summed E-state index contributed by atoms with van der Waals surface area (Å²) in [6, 6.07) is 0.226. The second-order valence-electron chi connectivity index (χ2n) is 4.70. The molecule has 2 unspecified atom stereocenters. The van der Waals surface area contributed by atoms with Crippen LogP contribution in [0.2, 0.25) is 0 Å². The van der Waals surface area contributed by atoms with Gasteiger partial charge in [-0.2, -0.15) is 5.10 Å². The first-order valence-electron chi connectivity index (χ1n) is 6.36. The van der Waals surface area contributed by atoms with Crippen LogP contribution in [-0.4, -0.2) is 27.0 Å². The van der Waals surface area contributed by atoms with E-state index in [1.165, 1.54) is 12.8 Å². The van der Waals surface area contributed by atoms with Crippen molar-refractivity contribution in [2.75, 3.05) is 0 Å². The van der Waals surface area contributed by atoms with E-state index in [2.05, 4.69) is 17.0 Å². The monoisotopic (exact) mass is 235 g/mol. The summed E-state index contributed by atoms with van der Waals surface area (Å²) in [5, 5.41) is 17.5. The topological polar surface area (TPSA) is 50.1 Å². The summed E-state index contributed by atoms with van der Waals surface area (Å²) < 4.78 is 1.69. The van der Waals surface area contributed by atoms with E-state index in [0.29, 0.717) is 0 Å². The third kappa shape index (κ3) is 3.41. The number of hydrogen-bond acceptors (Lipinski definition) is 3. The van der Waals surface area contributed by atoms with Crippen LogP contribution in [0.15, 0.2) is 19.0 Å². The first kappa shape index (κ1) is 12.3. The van der Waals surface area contributed by atoms with Gasteiger partial charge in [-0.05, 0) is 12.8 Å². The minimum Gasteiger partial charge on any atom is -0.392 e. The molecular weight excluding hydrogens is 214 g/mol. The number of rotatable bonds is 4. The van der Waals surface area contributed by atoms with Crippen molar-refractivity contribution in [3.05, 3.63) is 24.5 Å². The van der Waals surface area contributed by atoms with E-state index in [9.17, 15) is 5.11 Å². The van der Waals surface area contributed by atoms with Crippen molar-refractivity contribution in [2.45, 2.75) is 50.8 Å². The van der Waals surface area contributed by atoms with Gasteiger partial charge in [-0.3, -0.25) is 0 Å². The molecule has 94 valence electrons. The van der Waals surface area contributed by atoms with Gasteiger partial charge in [0.1, 0.15) is 0 Å². The number of nitrogens with zero attached hydrogens (tertiary/aromatic N) is 2. The third-order valence-corrected chi connectivity index (χ3v) is 3.39. The van der Waals surface area contributed by atoms with Crippen molar-refractivity contribution < 1.29 is 5.11 Å². The summed E-state index contributed by atoms with van der Waals surface area (Å²) in [6.45, 7) is 4.42. The Kier molecular flexibility index (Phi) is 4.34. The van der Waals surface area contributed by atoms with Crippen LogP contribution in [0.5, 0.6) is 0 Å². The zero-order valence-electron chi connectivity index (χ0n) is 10.2. The van der Waals surface area contributed by atoms with Gasteiger partial charge in [-0.1, -0.05) is 25.8 Å². The lowest BCUT2D eigenvalue weighted by molar-refractivity contribution is 0.119. The maximum atomic E-state index is 9.98. The molecule has 0 bridgehead atoms. The number of hydrogen-bond donors (Lipinski definition) is 2. The molecule has 0 amide bonds. The van der Waals surface area contributed by atoms with Gasteiger partial charge < -0.3 is 10.4 Å². The van der Waals surface area contributed by atoms with E-state index >= 15 is 0 Å². The fourth-order valence-corrected chi connectivity index (χ4v) is 2.34. The maximum absolute atomic E-state index is 9.98. The van der Waals surface area contributed by atoms with Crippen molar-refractivity contribution in [3.8, 4) is 0 Å². The molecule has 4 nitrogen and oxygen atoms in total. The highest BCUT2D eigenvalue weighted by atomic mass is 16.3. The van der Waals surface area contributed by atoms with Crippen LogP contribution >= 0.6 is 0 Å². The van der Waals surface area contributed by atoms with E-state index in [1.807, 2.05) is 12.4 Å². The molecular formula is C13H21N3O. The summed E-state index contributed by atoms with van der Waals surface area (Å²) in [4.78, 5) is 0. The fraction of sp³-hybridized carbons (Fsp3) is 0.615. The van der Waals surface area contributed by atoms with Crippen LogP contribution in [0.25, 0.3) is 6.20 Å². The Balaban J connectivity index is 1.85. The van der Waals surface area contributed by atoms with Crippen LogP contribution in [-0.2, 0) is 6.54 Å². The first-order valence-corrected chi connectivity index (χ1v) is 6.36. The molecule has 2 rings (SSSR count). The smallest absolute Gasteiger partial charge is 0.0693 e. The first-order chi connectivity index (χ1) is 8.29. The quantitative estimate of drug-likeness (QED) is 0.782. The molecule has 1 aliphatic rings. The molecule has 0 aromatic carbocycles. The Morgan fingerprint density at radius 3 is 3.06 bits per heavy atom. The standard InChI is InChI=1S/C13H21N3O/c1-2-16-10-11(9-15-16)8-14-12-6-4-3-5-7-13(12)17/h2,9-10,12-14,17H,1,3-8H2. The third-order valence-electron chi connectivity index (χ3n) is 3.39. The predicted octanol–water partition coefficient (Wildman–Crippen LogP) is 1.77. The molecule has 0 aliphatic heterocycles. The number of aromatic nitrogens is 2. The molecule has 1 saturated carbocycles. The minimum atomic E-state index is -0.202. The summed E-state index contributed by atoms with van der Waals surface area (Å²) in [5.41, 5.74) is 1.13. The van der Waals surface area contributed by atoms with Crippen molar-refractivity contribution in [1.82, 2.24) is 15.1 Å². The molecule has 0 spiro atoms. The van der Waals surface area contributed by atoms with Gasteiger partial charge in [0.05, 0.1) is 12.3 Å². The van der Waals surface area contributed by atoms with Crippen LogP contribution in [0.4, 0.5) is 0 Å². The molecule has 0 radical (unpaired) electrons. The van der Waals surface area contributed by atoms with Gasteiger partial charge >= 0.3 is 0 Å². The van der Waals surface area contributed by atoms with Gasteiger partial charge in [0.25, 0.3) is 0 Å². The van der Waals surface area contributed by atoms with Crippen LogP contribution < -0.4 is 5.32 Å². The average Bonchev–Trinajstić information content (AvgIpc) is 2.70. The fourth-order valence-electron chi connectivity index (χ4n) is 2.34. The number of nitrogens with one attached hydrogen (secondary N) is 1. The van der Waals surface area contributed by atoms with Gasteiger partial charge in [0, 0.05) is 30.5 Å². The van der Waals surface area contributed by atoms with E-state index in [1.54, 1.807) is 10.9 Å². The van der Waals surface area contributed by atoms with Crippen molar-refractivity contribution in [3.63, 3.8) is 0 Å². The highest BCUT2D eigenvalue weighted by Gasteiger charge is 2.20. The summed E-state index contributed by atoms with van der Waals surface area (Å²) in [7, 11) is 0. The zero-order chi connectivity index (χ0) is 12.1. The molecule has 1 aliphatic carbocycles. The lowest BCUT2D eigenvalue weighted by Crippen LogP contribution is -2.38. The Hall–Kier alpha value is -1.13. The van der Waals surface area contributed by atoms with Crippen molar-refractivity contribution >= 4 is 6.20 Å². The molecule has 2 atom stereocenters. The van der Waals surface area contributed by atoms with Gasteiger partial charge in [-0.25, -0.2) is 4.68 Å². The zero-order valence-corrected chi connectivity index (χ0v) is 10.2. The summed E-state index contributed by atoms with van der Waals surface area (Å²) in [6.07, 6.45) is 10.8. The molecule has 2 N–H and O–H groups in total. The maximum Gasteiger partial charge on any atom is 0.0693 e. The molecule has 17 heavy (non-hydrogen) atoms. The van der Waals surface area contributed by atoms with Crippen LogP contribution in [0.3, 0.4) is 0 Å². The van der Waals surface area contributed by atoms with Crippen LogP contribution in [0, 0.1) is 0 Å². The molecule has 0 saturated heterocycles. The molecule has 1 aromatic heterocycles. The van der Waals surface area contributed by atoms with E-state index < -0.39 is 0 Å². The van der Waals surface area contributed by atoms with Crippen molar-refractivity contribution in [1.29, 1.82) is 0 Å². The molecule has 1 fully saturated rings. The average molecular weight is 235 g/mol.